The van der Waals surface area contributed by atoms with E-state index >= 15 is 0 Å². The molecular formula is C13H13NO3. The summed E-state index contributed by atoms with van der Waals surface area (Å²) in [6.07, 6.45) is 0.633. The summed E-state index contributed by atoms with van der Waals surface area (Å²) in [6, 6.07) is 11.0. The normalized spacial score (nSPS) is 10.4. The van der Waals surface area contributed by atoms with Crippen LogP contribution in [0.1, 0.15) is 11.3 Å². The SMILES string of the molecule is Cc1cc(=O)n(CCc2ccccc2)c(=O)o1. The van der Waals surface area contributed by atoms with Gasteiger partial charge in [-0.3, -0.25) is 4.79 Å². The Balaban J connectivity index is 2.21. The lowest BCUT2D eigenvalue weighted by molar-refractivity contribution is 0.399. The number of aryl methyl sites for hydroxylation is 2. The molecule has 0 bridgehead atoms. The maximum Gasteiger partial charge on any atom is 0.421 e. The molecule has 0 spiro atoms. The van der Waals surface area contributed by atoms with Gasteiger partial charge in [-0.15, -0.1) is 0 Å². The molecule has 0 fully saturated rings. The Kier molecular flexibility index (Phi) is 3.23. The van der Waals surface area contributed by atoms with E-state index < -0.39 is 5.76 Å². The van der Waals surface area contributed by atoms with Crippen LogP contribution in [-0.2, 0) is 13.0 Å². The van der Waals surface area contributed by atoms with Crippen LogP contribution < -0.4 is 11.3 Å². The molecule has 4 nitrogen and oxygen atoms in total. The second-order valence-electron chi connectivity index (χ2n) is 3.85. The summed E-state index contributed by atoms with van der Waals surface area (Å²) in [6.45, 7) is 1.93. The van der Waals surface area contributed by atoms with Gasteiger partial charge in [0.25, 0.3) is 5.56 Å². The molecule has 0 amide bonds. The minimum absolute atomic E-state index is 0.310. The van der Waals surface area contributed by atoms with E-state index in [0.29, 0.717) is 18.7 Å². The Hall–Kier alpha value is -2.10. The van der Waals surface area contributed by atoms with Gasteiger partial charge in [-0.05, 0) is 18.9 Å². The van der Waals surface area contributed by atoms with Crippen LogP contribution in [0.25, 0.3) is 0 Å². The van der Waals surface area contributed by atoms with Crippen LogP contribution in [0.3, 0.4) is 0 Å². The van der Waals surface area contributed by atoms with Crippen LogP contribution in [0.2, 0.25) is 0 Å². The fraction of sp³-hybridized carbons (Fsp3) is 0.231. The number of benzene rings is 1. The Bertz CT molecular complexity index is 579. The second-order valence-corrected chi connectivity index (χ2v) is 3.85. The van der Waals surface area contributed by atoms with Crippen molar-refractivity contribution >= 4 is 0 Å². The lowest BCUT2D eigenvalue weighted by Crippen LogP contribution is -2.32. The molecule has 88 valence electrons. The summed E-state index contributed by atoms with van der Waals surface area (Å²) in [5, 5.41) is 0. The first-order valence-electron chi connectivity index (χ1n) is 5.42. The molecule has 0 radical (unpaired) electrons. The lowest BCUT2D eigenvalue weighted by Gasteiger charge is -2.03. The molecule has 0 N–H and O–H groups in total. The number of nitrogens with zero attached hydrogens (tertiary/aromatic N) is 1. The van der Waals surface area contributed by atoms with Crippen molar-refractivity contribution in [2.24, 2.45) is 0 Å². The van der Waals surface area contributed by atoms with E-state index in [1.807, 2.05) is 30.3 Å². The Morgan fingerprint density at radius 1 is 1.18 bits per heavy atom. The lowest BCUT2D eigenvalue weighted by atomic mass is 10.1. The number of rotatable bonds is 3. The Labute approximate surface area is 98.1 Å². The predicted octanol–water partition coefficient (Wildman–Crippen LogP) is 1.35. The quantitative estimate of drug-likeness (QED) is 0.801. The summed E-state index contributed by atoms with van der Waals surface area (Å²) in [5.41, 5.74) is 0.772. The maximum atomic E-state index is 11.6. The summed E-state index contributed by atoms with van der Waals surface area (Å²) in [5.74, 6) is -0.248. The highest BCUT2D eigenvalue weighted by atomic mass is 16.4. The second kappa shape index (κ2) is 4.82. The molecule has 0 aliphatic heterocycles. The third-order valence-electron chi connectivity index (χ3n) is 2.53. The van der Waals surface area contributed by atoms with E-state index in [1.54, 1.807) is 6.92 Å². The molecule has 1 heterocycles. The van der Waals surface area contributed by atoms with Crippen molar-refractivity contribution < 1.29 is 4.42 Å². The number of hydrogen-bond donors (Lipinski definition) is 0. The van der Waals surface area contributed by atoms with Crippen LogP contribution in [-0.4, -0.2) is 4.57 Å². The molecular weight excluding hydrogens is 218 g/mol. The number of aromatic nitrogens is 1. The van der Waals surface area contributed by atoms with Crippen LogP contribution >= 0.6 is 0 Å². The van der Waals surface area contributed by atoms with E-state index in [2.05, 4.69) is 0 Å². The van der Waals surface area contributed by atoms with Gasteiger partial charge in [0.1, 0.15) is 5.76 Å². The van der Waals surface area contributed by atoms with Gasteiger partial charge in [0.2, 0.25) is 0 Å². The zero-order valence-corrected chi connectivity index (χ0v) is 9.55. The monoisotopic (exact) mass is 231 g/mol. The zero-order valence-electron chi connectivity index (χ0n) is 9.55. The highest BCUT2D eigenvalue weighted by molar-refractivity contribution is 5.14. The largest absolute Gasteiger partial charge is 0.421 e. The van der Waals surface area contributed by atoms with E-state index in [0.717, 1.165) is 10.1 Å². The van der Waals surface area contributed by atoms with Crippen molar-refractivity contribution in [3.8, 4) is 0 Å². The summed E-state index contributed by atoms with van der Waals surface area (Å²) < 4.78 is 6.00. The third-order valence-corrected chi connectivity index (χ3v) is 2.53. The van der Waals surface area contributed by atoms with E-state index in [4.69, 9.17) is 4.42 Å². The van der Waals surface area contributed by atoms with E-state index in [9.17, 15) is 9.59 Å². The summed E-state index contributed by atoms with van der Waals surface area (Å²) in [7, 11) is 0. The molecule has 4 heteroatoms. The third kappa shape index (κ3) is 2.72. The molecule has 0 aliphatic rings. The molecule has 0 saturated heterocycles. The van der Waals surface area contributed by atoms with Crippen molar-refractivity contribution in [2.75, 3.05) is 0 Å². The smallest absolute Gasteiger partial charge is 0.415 e. The van der Waals surface area contributed by atoms with Gasteiger partial charge >= 0.3 is 5.76 Å². The molecule has 0 unspecified atom stereocenters. The predicted molar refractivity (Wildman–Crippen MR) is 64.1 cm³/mol. The molecule has 0 saturated carbocycles. The standard InChI is InChI=1S/C13H13NO3/c1-10-9-12(15)14(13(16)17-10)8-7-11-5-3-2-4-6-11/h2-6,9H,7-8H2,1H3. The first-order valence-corrected chi connectivity index (χ1v) is 5.42. The van der Waals surface area contributed by atoms with Gasteiger partial charge < -0.3 is 4.42 Å². The summed E-state index contributed by atoms with van der Waals surface area (Å²) >= 11 is 0. The molecule has 17 heavy (non-hydrogen) atoms. The zero-order chi connectivity index (χ0) is 12.3. The van der Waals surface area contributed by atoms with Gasteiger partial charge in [0, 0.05) is 12.6 Å². The average Bonchev–Trinajstić information content (AvgIpc) is 2.29. The topological polar surface area (TPSA) is 52.2 Å². The summed E-state index contributed by atoms with van der Waals surface area (Å²) in [4.78, 5) is 23.1. The van der Waals surface area contributed by atoms with Gasteiger partial charge in [-0.25, -0.2) is 9.36 Å². The van der Waals surface area contributed by atoms with Gasteiger partial charge in [-0.2, -0.15) is 0 Å². The van der Waals surface area contributed by atoms with Crippen molar-refractivity contribution in [1.29, 1.82) is 0 Å². The fourth-order valence-corrected chi connectivity index (χ4v) is 1.65. The Morgan fingerprint density at radius 2 is 1.88 bits per heavy atom. The van der Waals surface area contributed by atoms with Crippen LogP contribution in [0.5, 0.6) is 0 Å². The van der Waals surface area contributed by atoms with Crippen molar-refractivity contribution in [2.45, 2.75) is 19.9 Å². The highest BCUT2D eigenvalue weighted by Crippen LogP contribution is 2.00. The van der Waals surface area contributed by atoms with Crippen LogP contribution in [0.4, 0.5) is 0 Å². The maximum absolute atomic E-state index is 11.6. The molecule has 0 aliphatic carbocycles. The minimum Gasteiger partial charge on any atom is -0.415 e. The molecule has 2 aromatic rings. The van der Waals surface area contributed by atoms with Crippen LogP contribution in [0, 0.1) is 6.92 Å². The van der Waals surface area contributed by atoms with Crippen molar-refractivity contribution in [3.05, 3.63) is 68.6 Å². The Morgan fingerprint density at radius 3 is 2.53 bits per heavy atom. The molecule has 1 aromatic carbocycles. The first kappa shape index (κ1) is 11.4. The van der Waals surface area contributed by atoms with Crippen molar-refractivity contribution in [1.82, 2.24) is 4.57 Å². The van der Waals surface area contributed by atoms with Crippen LogP contribution in [0.15, 0.2) is 50.4 Å². The van der Waals surface area contributed by atoms with Crippen molar-refractivity contribution in [3.63, 3.8) is 0 Å². The molecule has 0 atom stereocenters. The molecule has 2 rings (SSSR count). The van der Waals surface area contributed by atoms with E-state index in [1.165, 1.54) is 6.07 Å². The molecule has 1 aromatic heterocycles. The highest BCUT2D eigenvalue weighted by Gasteiger charge is 2.04. The fourth-order valence-electron chi connectivity index (χ4n) is 1.65. The first-order chi connectivity index (χ1) is 8.16. The van der Waals surface area contributed by atoms with Gasteiger partial charge in [-0.1, -0.05) is 30.3 Å². The average molecular weight is 231 g/mol. The van der Waals surface area contributed by atoms with E-state index in [-0.39, 0.29) is 5.56 Å². The number of hydrogen-bond acceptors (Lipinski definition) is 3. The van der Waals surface area contributed by atoms with Gasteiger partial charge in [0.05, 0.1) is 0 Å². The minimum atomic E-state index is -0.592. The van der Waals surface area contributed by atoms with Gasteiger partial charge in [0.15, 0.2) is 0 Å².